The zero-order valence-electron chi connectivity index (χ0n) is 15.9. The minimum absolute atomic E-state index is 0.137. The van der Waals surface area contributed by atoms with E-state index in [2.05, 4.69) is 5.32 Å². The van der Waals surface area contributed by atoms with Gasteiger partial charge in [-0.25, -0.2) is 4.79 Å². The summed E-state index contributed by atoms with van der Waals surface area (Å²) >= 11 is 6.06. The number of benzene rings is 2. The molecular weight excluding hydrogens is 364 g/mol. The first-order valence-corrected chi connectivity index (χ1v) is 9.39. The van der Waals surface area contributed by atoms with E-state index in [0.717, 1.165) is 11.1 Å². The van der Waals surface area contributed by atoms with E-state index in [1.807, 2.05) is 61.5 Å². The van der Waals surface area contributed by atoms with Crippen LogP contribution in [0.25, 0.3) is 0 Å². The van der Waals surface area contributed by atoms with Gasteiger partial charge in [-0.2, -0.15) is 0 Å². The molecule has 0 fully saturated rings. The smallest absolute Gasteiger partial charge is 0.318 e. The minimum Gasteiger partial charge on any atom is -0.382 e. The molecule has 0 aliphatic heterocycles. The Morgan fingerprint density at radius 2 is 1.89 bits per heavy atom. The van der Waals surface area contributed by atoms with Crippen molar-refractivity contribution < 1.29 is 14.3 Å². The van der Waals surface area contributed by atoms with Crippen molar-refractivity contribution in [3.05, 3.63) is 70.7 Å². The summed E-state index contributed by atoms with van der Waals surface area (Å²) in [5.41, 5.74) is 2.03. The zero-order chi connectivity index (χ0) is 19.5. The number of hydrogen-bond donors (Lipinski definition) is 1. The van der Waals surface area contributed by atoms with Crippen molar-refractivity contribution in [2.75, 3.05) is 33.5 Å². The second kappa shape index (κ2) is 11.6. The molecule has 2 aromatic carbocycles. The first-order chi connectivity index (χ1) is 13.1. The molecule has 0 saturated heterocycles. The maximum absolute atomic E-state index is 12.8. The number of amides is 2. The van der Waals surface area contributed by atoms with Crippen LogP contribution < -0.4 is 5.32 Å². The number of carbonyl (C=O) groups excluding carboxylic acids is 1. The Morgan fingerprint density at radius 1 is 1.11 bits per heavy atom. The molecule has 1 atom stereocenters. The molecule has 0 aliphatic rings. The van der Waals surface area contributed by atoms with Gasteiger partial charge in [-0.05, 0) is 30.2 Å². The lowest BCUT2D eigenvalue weighted by Crippen LogP contribution is -2.42. The van der Waals surface area contributed by atoms with Crippen LogP contribution in [0, 0.1) is 0 Å². The molecule has 0 aliphatic carbocycles. The lowest BCUT2D eigenvalue weighted by molar-refractivity contribution is 0.0602. The summed E-state index contributed by atoms with van der Waals surface area (Å²) in [4.78, 5) is 14.6. The molecule has 0 bridgehead atoms. The molecule has 0 heterocycles. The van der Waals surface area contributed by atoms with Crippen LogP contribution in [0.2, 0.25) is 5.02 Å². The number of halogens is 1. The molecule has 146 valence electrons. The van der Waals surface area contributed by atoms with Gasteiger partial charge in [-0.15, -0.1) is 0 Å². The van der Waals surface area contributed by atoms with E-state index in [1.54, 1.807) is 12.0 Å². The molecule has 0 saturated carbocycles. The van der Waals surface area contributed by atoms with E-state index in [-0.39, 0.29) is 12.1 Å². The number of urea groups is 1. The van der Waals surface area contributed by atoms with Crippen LogP contribution in [0.5, 0.6) is 0 Å². The SMILES string of the molecule is COCCOCCN(Cc1ccccc1)C(=O)N[C@H](C)c1cccc(Cl)c1. The molecule has 6 heteroatoms. The lowest BCUT2D eigenvalue weighted by Gasteiger charge is -2.25. The predicted octanol–water partition coefficient (Wildman–Crippen LogP) is 4.28. The second-order valence-corrected chi connectivity index (χ2v) is 6.67. The van der Waals surface area contributed by atoms with E-state index in [1.165, 1.54) is 0 Å². The summed E-state index contributed by atoms with van der Waals surface area (Å²) in [6.07, 6.45) is 0. The number of carbonyl (C=O) groups is 1. The van der Waals surface area contributed by atoms with Crippen LogP contribution in [0.1, 0.15) is 24.1 Å². The quantitative estimate of drug-likeness (QED) is 0.616. The maximum Gasteiger partial charge on any atom is 0.318 e. The van der Waals surface area contributed by atoms with E-state index in [9.17, 15) is 4.79 Å². The van der Waals surface area contributed by atoms with E-state index in [4.69, 9.17) is 21.1 Å². The minimum atomic E-state index is -0.149. The summed E-state index contributed by atoms with van der Waals surface area (Å²) in [6.45, 7) is 4.46. The van der Waals surface area contributed by atoms with Gasteiger partial charge < -0.3 is 19.7 Å². The van der Waals surface area contributed by atoms with Crippen LogP contribution >= 0.6 is 11.6 Å². The molecule has 2 rings (SSSR count). The summed E-state index contributed by atoms with van der Waals surface area (Å²) in [5.74, 6) is 0. The summed E-state index contributed by atoms with van der Waals surface area (Å²) in [5, 5.41) is 3.70. The average Bonchev–Trinajstić information content (AvgIpc) is 2.67. The molecule has 0 aromatic heterocycles. The Hall–Kier alpha value is -2.08. The monoisotopic (exact) mass is 390 g/mol. The Bertz CT molecular complexity index is 697. The molecule has 2 amide bonds. The molecule has 0 radical (unpaired) electrons. The standard InChI is InChI=1S/C21H27ClN2O3/c1-17(19-9-6-10-20(22)15-19)23-21(25)24(11-12-27-14-13-26-2)16-18-7-4-3-5-8-18/h3-10,15,17H,11-14,16H2,1-2H3,(H,23,25)/t17-/m1/s1. The van der Waals surface area contributed by atoms with Crippen LogP contribution in [0.4, 0.5) is 4.79 Å². The number of nitrogens with zero attached hydrogens (tertiary/aromatic N) is 1. The number of hydrogen-bond acceptors (Lipinski definition) is 3. The highest BCUT2D eigenvalue weighted by Gasteiger charge is 2.17. The van der Waals surface area contributed by atoms with Gasteiger partial charge in [0.25, 0.3) is 0 Å². The molecule has 2 aromatic rings. The van der Waals surface area contributed by atoms with Gasteiger partial charge in [0.2, 0.25) is 0 Å². The maximum atomic E-state index is 12.8. The fourth-order valence-corrected chi connectivity index (χ4v) is 2.81. The number of ether oxygens (including phenoxy) is 2. The highest BCUT2D eigenvalue weighted by molar-refractivity contribution is 6.30. The Balaban J connectivity index is 1.98. The third-order valence-corrected chi connectivity index (χ3v) is 4.36. The topological polar surface area (TPSA) is 50.8 Å². The van der Waals surface area contributed by atoms with Crippen LogP contribution in [-0.4, -0.2) is 44.4 Å². The zero-order valence-corrected chi connectivity index (χ0v) is 16.6. The number of rotatable bonds is 10. The van der Waals surface area contributed by atoms with Crippen molar-refractivity contribution in [2.24, 2.45) is 0 Å². The fourth-order valence-electron chi connectivity index (χ4n) is 2.61. The average molecular weight is 391 g/mol. The third-order valence-electron chi connectivity index (χ3n) is 4.13. The fraction of sp³-hybridized carbons (Fsp3) is 0.381. The highest BCUT2D eigenvalue weighted by Crippen LogP contribution is 2.18. The second-order valence-electron chi connectivity index (χ2n) is 6.24. The van der Waals surface area contributed by atoms with Gasteiger partial charge in [0.15, 0.2) is 0 Å². The lowest BCUT2D eigenvalue weighted by atomic mass is 10.1. The van der Waals surface area contributed by atoms with Crippen molar-refractivity contribution in [2.45, 2.75) is 19.5 Å². The van der Waals surface area contributed by atoms with Gasteiger partial charge in [0, 0.05) is 25.2 Å². The first-order valence-electron chi connectivity index (χ1n) is 9.01. The van der Waals surface area contributed by atoms with Crippen molar-refractivity contribution in [1.29, 1.82) is 0 Å². The van der Waals surface area contributed by atoms with E-state index >= 15 is 0 Å². The molecule has 1 N–H and O–H groups in total. The molecular formula is C21H27ClN2O3. The van der Waals surface area contributed by atoms with Crippen molar-refractivity contribution in [3.63, 3.8) is 0 Å². The van der Waals surface area contributed by atoms with Crippen LogP contribution in [-0.2, 0) is 16.0 Å². The summed E-state index contributed by atoms with van der Waals surface area (Å²) < 4.78 is 10.5. The van der Waals surface area contributed by atoms with Crippen LogP contribution in [0.15, 0.2) is 54.6 Å². The Morgan fingerprint density at radius 3 is 2.59 bits per heavy atom. The normalized spacial score (nSPS) is 11.8. The predicted molar refractivity (Wildman–Crippen MR) is 108 cm³/mol. The Labute approximate surface area is 166 Å². The number of nitrogens with one attached hydrogen (secondary N) is 1. The first kappa shape index (κ1) is 21.2. The molecule has 27 heavy (non-hydrogen) atoms. The van der Waals surface area contributed by atoms with E-state index in [0.29, 0.717) is 37.9 Å². The van der Waals surface area contributed by atoms with Gasteiger partial charge in [-0.3, -0.25) is 0 Å². The largest absolute Gasteiger partial charge is 0.382 e. The summed E-state index contributed by atoms with van der Waals surface area (Å²) in [6, 6.07) is 17.1. The molecule has 0 spiro atoms. The summed E-state index contributed by atoms with van der Waals surface area (Å²) in [7, 11) is 1.63. The highest BCUT2D eigenvalue weighted by atomic mass is 35.5. The van der Waals surface area contributed by atoms with Gasteiger partial charge in [0.05, 0.1) is 25.9 Å². The van der Waals surface area contributed by atoms with E-state index < -0.39 is 0 Å². The van der Waals surface area contributed by atoms with Gasteiger partial charge in [0.1, 0.15) is 0 Å². The van der Waals surface area contributed by atoms with Gasteiger partial charge in [-0.1, -0.05) is 54.1 Å². The van der Waals surface area contributed by atoms with Crippen molar-refractivity contribution >= 4 is 17.6 Å². The van der Waals surface area contributed by atoms with Crippen molar-refractivity contribution in [3.8, 4) is 0 Å². The van der Waals surface area contributed by atoms with Gasteiger partial charge >= 0.3 is 6.03 Å². The Kier molecular flexibility index (Phi) is 9.11. The molecule has 0 unspecified atom stereocenters. The van der Waals surface area contributed by atoms with Crippen molar-refractivity contribution in [1.82, 2.24) is 10.2 Å². The number of methoxy groups -OCH3 is 1. The third kappa shape index (κ3) is 7.59. The molecule has 5 nitrogen and oxygen atoms in total. The van der Waals surface area contributed by atoms with Crippen LogP contribution in [0.3, 0.4) is 0 Å².